The maximum atomic E-state index is 12.6. The third-order valence-corrected chi connectivity index (χ3v) is 1.30. The van der Waals surface area contributed by atoms with Gasteiger partial charge in [-0.3, -0.25) is 0 Å². The molecule has 0 aromatic carbocycles. The molecule has 0 amide bonds. The number of aromatic nitrogens is 1. The second kappa shape index (κ2) is 3.27. The molecule has 1 heterocycles. The molecular weight excluding hydrogens is 150 g/mol. The van der Waals surface area contributed by atoms with Gasteiger partial charge in [0.05, 0.1) is 0 Å². The molecule has 2 N–H and O–H groups in total. The highest BCUT2D eigenvalue weighted by molar-refractivity contribution is 5.32. The summed E-state index contributed by atoms with van der Waals surface area (Å²) >= 11 is 0. The summed E-state index contributed by atoms with van der Waals surface area (Å²) in [6.45, 7) is -1.02. The SMILES string of the molecule is Nc1cc(C(F)CF)ccn1. The van der Waals surface area contributed by atoms with Gasteiger partial charge < -0.3 is 5.73 Å². The zero-order chi connectivity index (χ0) is 8.27. The predicted molar refractivity (Wildman–Crippen MR) is 38.5 cm³/mol. The van der Waals surface area contributed by atoms with E-state index < -0.39 is 12.8 Å². The number of alkyl halides is 2. The monoisotopic (exact) mass is 158 g/mol. The highest BCUT2D eigenvalue weighted by Crippen LogP contribution is 2.17. The number of nitrogen functional groups attached to an aromatic ring is 1. The Balaban J connectivity index is 2.86. The lowest BCUT2D eigenvalue weighted by Gasteiger charge is -2.02. The molecule has 1 unspecified atom stereocenters. The number of pyridine rings is 1. The zero-order valence-corrected chi connectivity index (χ0v) is 5.80. The third kappa shape index (κ3) is 1.86. The Hall–Kier alpha value is -1.19. The molecule has 0 saturated heterocycles. The first kappa shape index (κ1) is 7.91. The van der Waals surface area contributed by atoms with Crippen molar-refractivity contribution in [3.8, 4) is 0 Å². The molecule has 0 saturated carbocycles. The molecule has 0 aliphatic rings. The van der Waals surface area contributed by atoms with Crippen molar-refractivity contribution in [2.75, 3.05) is 12.4 Å². The van der Waals surface area contributed by atoms with Crippen molar-refractivity contribution >= 4 is 5.82 Å². The number of anilines is 1. The van der Waals surface area contributed by atoms with Gasteiger partial charge in [-0.05, 0) is 17.7 Å². The number of nitrogens with zero attached hydrogens (tertiary/aromatic N) is 1. The second-order valence-corrected chi connectivity index (χ2v) is 2.14. The van der Waals surface area contributed by atoms with Gasteiger partial charge in [0.2, 0.25) is 0 Å². The molecule has 4 heteroatoms. The van der Waals surface area contributed by atoms with Crippen molar-refractivity contribution in [3.63, 3.8) is 0 Å². The van der Waals surface area contributed by atoms with E-state index >= 15 is 0 Å². The van der Waals surface area contributed by atoms with Crippen LogP contribution in [0.25, 0.3) is 0 Å². The second-order valence-electron chi connectivity index (χ2n) is 2.14. The fraction of sp³-hybridized carbons (Fsp3) is 0.286. The molecule has 0 aliphatic heterocycles. The van der Waals surface area contributed by atoms with Crippen LogP contribution < -0.4 is 5.73 Å². The third-order valence-electron chi connectivity index (χ3n) is 1.30. The number of hydrogen-bond acceptors (Lipinski definition) is 2. The minimum atomic E-state index is -1.58. The Morgan fingerprint density at radius 1 is 1.64 bits per heavy atom. The standard InChI is InChI=1S/C7H8F2N2/c8-4-6(9)5-1-2-11-7(10)3-5/h1-3,6H,4H2,(H2,10,11). The summed E-state index contributed by atoms with van der Waals surface area (Å²) in [6.07, 6.45) is -0.229. The van der Waals surface area contributed by atoms with E-state index in [1.807, 2.05) is 0 Å². The summed E-state index contributed by atoms with van der Waals surface area (Å²) in [7, 11) is 0. The van der Waals surface area contributed by atoms with Gasteiger partial charge in [-0.2, -0.15) is 0 Å². The molecule has 0 fully saturated rings. The van der Waals surface area contributed by atoms with Crippen molar-refractivity contribution in [1.82, 2.24) is 4.98 Å². The molecule has 2 nitrogen and oxygen atoms in total. The first-order valence-electron chi connectivity index (χ1n) is 3.15. The largest absolute Gasteiger partial charge is 0.384 e. The van der Waals surface area contributed by atoms with Crippen LogP contribution in [0.4, 0.5) is 14.6 Å². The van der Waals surface area contributed by atoms with Crippen LogP contribution in [0, 0.1) is 0 Å². The quantitative estimate of drug-likeness (QED) is 0.710. The van der Waals surface area contributed by atoms with Crippen LogP contribution in [0.2, 0.25) is 0 Å². The maximum Gasteiger partial charge on any atom is 0.154 e. The average Bonchev–Trinajstić information content (AvgIpc) is 2.03. The normalized spacial score (nSPS) is 12.9. The van der Waals surface area contributed by atoms with Crippen molar-refractivity contribution in [3.05, 3.63) is 23.9 Å². The van der Waals surface area contributed by atoms with E-state index in [1.54, 1.807) is 0 Å². The van der Waals surface area contributed by atoms with Crippen LogP contribution in [-0.4, -0.2) is 11.7 Å². The molecule has 0 radical (unpaired) electrons. The Kier molecular flexibility index (Phi) is 2.36. The maximum absolute atomic E-state index is 12.6. The number of nitrogens with two attached hydrogens (primary N) is 1. The minimum Gasteiger partial charge on any atom is -0.384 e. The van der Waals surface area contributed by atoms with Crippen molar-refractivity contribution in [2.45, 2.75) is 6.17 Å². The lowest BCUT2D eigenvalue weighted by molar-refractivity contribution is 0.266. The number of rotatable bonds is 2. The predicted octanol–water partition coefficient (Wildman–Crippen LogP) is 1.64. The van der Waals surface area contributed by atoms with Crippen molar-refractivity contribution in [1.29, 1.82) is 0 Å². The van der Waals surface area contributed by atoms with Crippen LogP contribution in [0.5, 0.6) is 0 Å². The highest BCUT2D eigenvalue weighted by Gasteiger charge is 2.08. The van der Waals surface area contributed by atoms with Gasteiger partial charge in [0.1, 0.15) is 12.5 Å². The topological polar surface area (TPSA) is 38.9 Å². The molecule has 1 aromatic heterocycles. The van der Waals surface area contributed by atoms with E-state index in [1.165, 1.54) is 18.3 Å². The zero-order valence-electron chi connectivity index (χ0n) is 5.80. The highest BCUT2D eigenvalue weighted by atomic mass is 19.2. The molecule has 0 spiro atoms. The van der Waals surface area contributed by atoms with Gasteiger partial charge in [-0.25, -0.2) is 13.8 Å². The summed E-state index contributed by atoms with van der Waals surface area (Å²) in [5, 5.41) is 0. The molecule has 1 atom stereocenters. The summed E-state index contributed by atoms with van der Waals surface area (Å²) in [4.78, 5) is 3.65. The van der Waals surface area contributed by atoms with E-state index in [0.29, 0.717) is 0 Å². The number of hydrogen-bond donors (Lipinski definition) is 1. The Morgan fingerprint density at radius 2 is 2.36 bits per heavy atom. The molecule has 60 valence electrons. The van der Waals surface area contributed by atoms with E-state index in [2.05, 4.69) is 4.98 Å². The molecular formula is C7H8F2N2. The summed E-state index contributed by atoms with van der Waals surface area (Å²) < 4.78 is 24.4. The van der Waals surface area contributed by atoms with Gasteiger partial charge in [-0.15, -0.1) is 0 Å². The summed E-state index contributed by atoms with van der Waals surface area (Å²) in [5.41, 5.74) is 5.49. The van der Waals surface area contributed by atoms with Crippen molar-refractivity contribution in [2.24, 2.45) is 0 Å². The van der Waals surface area contributed by atoms with E-state index in [9.17, 15) is 8.78 Å². The van der Waals surface area contributed by atoms with Crippen LogP contribution >= 0.6 is 0 Å². The van der Waals surface area contributed by atoms with Crippen LogP contribution in [-0.2, 0) is 0 Å². The molecule has 0 aliphatic carbocycles. The number of halogens is 2. The van der Waals surface area contributed by atoms with E-state index in [-0.39, 0.29) is 11.4 Å². The van der Waals surface area contributed by atoms with Gasteiger partial charge in [0, 0.05) is 6.20 Å². The fourth-order valence-electron chi connectivity index (χ4n) is 0.749. The first-order valence-corrected chi connectivity index (χ1v) is 3.15. The van der Waals surface area contributed by atoms with E-state index in [0.717, 1.165) is 0 Å². The molecule has 11 heavy (non-hydrogen) atoms. The molecule has 1 rings (SSSR count). The van der Waals surface area contributed by atoms with Gasteiger partial charge in [0.25, 0.3) is 0 Å². The fourth-order valence-corrected chi connectivity index (χ4v) is 0.749. The summed E-state index contributed by atoms with van der Waals surface area (Å²) in [5.74, 6) is 0.207. The Morgan fingerprint density at radius 3 is 2.91 bits per heavy atom. The first-order chi connectivity index (χ1) is 5.24. The average molecular weight is 158 g/mol. The van der Waals surface area contributed by atoms with Gasteiger partial charge in [0.15, 0.2) is 6.17 Å². The van der Waals surface area contributed by atoms with Gasteiger partial charge in [-0.1, -0.05) is 0 Å². The van der Waals surface area contributed by atoms with Crippen LogP contribution in [0.1, 0.15) is 11.7 Å². The minimum absolute atomic E-state index is 0.207. The smallest absolute Gasteiger partial charge is 0.154 e. The van der Waals surface area contributed by atoms with Crippen LogP contribution in [0.3, 0.4) is 0 Å². The summed E-state index contributed by atoms with van der Waals surface area (Å²) in [6, 6.07) is 2.73. The molecule has 1 aromatic rings. The van der Waals surface area contributed by atoms with Crippen molar-refractivity contribution < 1.29 is 8.78 Å². The molecule has 0 bridgehead atoms. The Bertz CT molecular complexity index is 240. The lowest BCUT2D eigenvalue weighted by atomic mass is 10.2. The van der Waals surface area contributed by atoms with E-state index in [4.69, 9.17) is 5.73 Å². The van der Waals surface area contributed by atoms with Gasteiger partial charge >= 0.3 is 0 Å². The Labute approximate surface area is 63.1 Å². The lowest BCUT2D eigenvalue weighted by Crippen LogP contribution is -1.96. The van der Waals surface area contributed by atoms with Crippen LogP contribution in [0.15, 0.2) is 18.3 Å².